The van der Waals surface area contributed by atoms with E-state index in [1.165, 1.54) is 25.3 Å². The third-order valence-electron chi connectivity index (χ3n) is 6.82. The van der Waals surface area contributed by atoms with Crippen LogP contribution in [0, 0.1) is 21.4 Å². The molecule has 0 aliphatic carbocycles. The molecule has 2 aromatic rings. The normalized spacial score (nSPS) is 15.1. The fraction of sp³-hybridized carbons (Fsp3) is 0.406. The molecule has 1 aliphatic rings. The zero-order valence-corrected chi connectivity index (χ0v) is 25.9. The summed E-state index contributed by atoms with van der Waals surface area (Å²) in [6.45, 7) is 4.77. The maximum atomic E-state index is 13.2. The number of allylic oxidation sites excluding steroid dienone is 1. The van der Waals surface area contributed by atoms with Crippen LogP contribution in [0.1, 0.15) is 30.9 Å². The van der Waals surface area contributed by atoms with Gasteiger partial charge in [0.25, 0.3) is 5.69 Å². The molecule has 1 heterocycles. The van der Waals surface area contributed by atoms with E-state index in [0.29, 0.717) is 41.4 Å². The molecule has 0 aromatic heterocycles. The molecule has 0 fully saturated rings. The van der Waals surface area contributed by atoms with E-state index >= 15 is 0 Å². The van der Waals surface area contributed by atoms with E-state index in [9.17, 15) is 24.8 Å². The molecule has 246 valence electrons. The van der Waals surface area contributed by atoms with Gasteiger partial charge in [0.15, 0.2) is 0 Å². The Morgan fingerprint density at radius 1 is 1.11 bits per heavy atom. The molecule has 1 aliphatic heterocycles. The van der Waals surface area contributed by atoms with Crippen molar-refractivity contribution in [1.29, 1.82) is 5.26 Å². The zero-order chi connectivity index (χ0) is 33.5. The number of para-hydroxylation sites is 1. The smallest absolute Gasteiger partial charge is 0.336 e. The van der Waals surface area contributed by atoms with Gasteiger partial charge in [0.1, 0.15) is 24.5 Å². The number of hydrogen-bond donors (Lipinski definition) is 3. The second kappa shape index (κ2) is 18.2. The first kappa shape index (κ1) is 35.7. The van der Waals surface area contributed by atoms with E-state index in [2.05, 4.69) is 10.6 Å². The molecular weight excluding hydrogens is 600 g/mol. The maximum Gasteiger partial charge on any atom is 0.336 e. The fourth-order valence-corrected chi connectivity index (χ4v) is 4.73. The van der Waals surface area contributed by atoms with Crippen LogP contribution in [0.25, 0.3) is 0 Å². The number of dihydropyridines is 1. The SMILES string of the molecule is CCOC(=O)C1=C(COCCOCCNCC(O)COc2ccccc2C#N)NC(C)=C(C(=O)OC)C1c1cccc([N+](=O)[O-])c1. The van der Waals surface area contributed by atoms with Gasteiger partial charge in [-0.1, -0.05) is 24.3 Å². The second-order valence-electron chi connectivity index (χ2n) is 9.99. The fourth-order valence-electron chi connectivity index (χ4n) is 4.73. The number of non-ortho nitro benzene ring substituents is 1. The van der Waals surface area contributed by atoms with E-state index in [-0.39, 0.29) is 56.4 Å². The highest BCUT2D eigenvalue weighted by atomic mass is 16.6. The molecule has 46 heavy (non-hydrogen) atoms. The first-order valence-corrected chi connectivity index (χ1v) is 14.6. The third-order valence-corrected chi connectivity index (χ3v) is 6.82. The molecule has 0 radical (unpaired) electrons. The van der Waals surface area contributed by atoms with E-state index < -0.39 is 28.9 Å². The van der Waals surface area contributed by atoms with E-state index in [4.69, 9.17) is 28.9 Å². The van der Waals surface area contributed by atoms with E-state index in [1.54, 1.807) is 44.2 Å². The highest BCUT2D eigenvalue weighted by molar-refractivity contribution is 6.00. The molecule has 3 N–H and O–H groups in total. The molecule has 14 heteroatoms. The molecule has 2 atom stereocenters. The van der Waals surface area contributed by atoms with Crippen molar-refractivity contribution in [2.24, 2.45) is 0 Å². The Balaban J connectivity index is 1.55. The van der Waals surface area contributed by atoms with Crippen LogP contribution in [0.3, 0.4) is 0 Å². The summed E-state index contributed by atoms with van der Waals surface area (Å²) >= 11 is 0. The Kier molecular flexibility index (Phi) is 14.1. The number of nitro groups is 1. The lowest BCUT2D eigenvalue weighted by molar-refractivity contribution is -0.384. The highest BCUT2D eigenvalue weighted by Crippen LogP contribution is 2.40. The Bertz CT molecular complexity index is 1480. The topological polar surface area (TPSA) is 192 Å². The number of aliphatic hydroxyl groups excluding tert-OH is 1. The van der Waals surface area contributed by atoms with Crippen molar-refractivity contribution in [2.45, 2.75) is 25.9 Å². The summed E-state index contributed by atoms with van der Waals surface area (Å²) in [5.74, 6) is -2.00. The van der Waals surface area contributed by atoms with Gasteiger partial charge in [-0.3, -0.25) is 10.1 Å². The molecule has 0 saturated carbocycles. The van der Waals surface area contributed by atoms with Crippen LogP contribution >= 0.6 is 0 Å². The van der Waals surface area contributed by atoms with Crippen molar-refractivity contribution in [2.75, 3.05) is 59.8 Å². The number of nitro benzene ring substituents is 1. The Hall–Kier alpha value is -4.81. The Labute approximate surface area is 266 Å². The number of nitriles is 1. The first-order valence-electron chi connectivity index (χ1n) is 14.6. The minimum Gasteiger partial charge on any atom is -0.489 e. The van der Waals surface area contributed by atoms with Crippen LogP contribution in [0.15, 0.2) is 71.1 Å². The minimum absolute atomic E-state index is 0.0237. The lowest BCUT2D eigenvalue weighted by atomic mass is 9.80. The van der Waals surface area contributed by atoms with Gasteiger partial charge in [-0.05, 0) is 31.5 Å². The number of benzene rings is 2. The van der Waals surface area contributed by atoms with Crippen molar-refractivity contribution < 1.29 is 43.3 Å². The van der Waals surface area contributed by atoms with Gasteiger partial charge in [-0.2, -0.15) is 5.26 Å². The summed E-state index contributed by atoms with van der Waals surface area (Å²) in [7, 11) is 1.21. The lowest BCUT2D eigenvalue weighted by Crippen LogP contribution is -2.35. The molecule has 0 amide bonds. The van der Waals surface area contributed by atoms with Gasteiger partial charge >= 0.3 is 11.9 Å². The first-order chi connectivity index (χ1) is 22.2. The van der Waals surface area contributed by atoms with Crippen LogP contribution in [-0.4, -0.2) is 87.9 Å². The molecule has 2 aromatic carbocycles. The monoisotopic (exact) mass is 638 g/mol. The summed E-state index contributed by atoms with van der Waals surface area (Å²) in [4.78, 5) is 37.0. The summed E-state index contributed by atoms with van der Waals surface area (Å²) < 4.78 is 27.2. The van der Waals surface area contributed by atoms with Crippen molar-refractivity contribution >= 4 is 17.6 Å². The summed E-state index contributed by atoms with van der Waals surface area (Å²) in [6.07, 6.45) is -0.789. The number of nitrogens with zero attached hydrogens (tertiary/aromatic N) is 2. The van der Waals surface area contributed by atoms with Gasteiger partial charge < -0.3 is 39.4 Å². The zero-order valence-electron chi connectivity index (χ0n) is 25.9. The highest BCUT2D eigenvalue weighted by Gasteiger charge is 2.39. The Morgan fingerprint density at radius 3 is 2.59 bits per heavy atom. The van der Waals surface area contributed by atoms with Crippen LogP contribution in [0.2, 0.25) is 0 Å². The average molecular weight is 639 g/mol. The van der Waals surface area contributed by atoms with Gasteiger partial charge in [-0.15, -0.1) is 0 Å². The van der Waals surface area contributed by atoms with Crippen molar-refractivity contribution in [1.82, 2.24) is 10.6 Å². The molecular formula is C32H38N4O10. The molecule has 0 saturated heterocycles. The minimum atomic E-state index is -1.00. The number of hydrogen-bond acceptors (Lipinski definition) is 13. The van der Waals surface area contributed by atoms with Crippen LogP contribution < -0.4 is 15.4 Å². The van der Waals surface area contributed by atoms with Crippen LogP contribution in [0.4, 0.5) is 5.69 Å². The molecule has 0 spiro atoms. The largest absolute Gasteiger partial charge is 0.489 e. The maximum absolute atomic E-state index is 13.2. The number of rotatable bonds is 18. The Morgan fingerprint density at radius 2 is 1.87 bits per heavy atom. The van der Waals surface area contributed by atoms with Gasteiger partial charge in [0, 0.05) is 30.9 Å². The van der Waals surface area contributed by atoms with Crippen LogP contribution in [0.5, 0.6) is 5.75 Å². The number of esters is 2. The van der Waals surface area contributed by atoms with Crippen molar-refractivity contribution in [3.63, 3.8) is 0 Å². The third kappa shape index (κ3) is 9.85. The number of ether oxygens (including phenoxy) is 5. The average Bonchev–Trinajstić information content (AvgIpc) is 3.06. The van der Waals surface area contributed by atoms with Crippen molar-refractivity contribution in [3.05, 3.63) is 92.3 Å². The van der Waals surface area contributed by atoms with Gasteiger partial charge in [-0.25, -0.2) is 9.59 Å². The molecule has 14 nitrogen and oxygen atoms in total. The van der Waals surface area contributed by atoms with E-state index in [1.807, 2.05) is 6.07 Å². The molecule has 3 rings (SSSR count). The molecule has 2 unspecified atom stereocenters. The van der Waals surface area contributed by atoms with Crippen LogP contribution in [-0.2, 0) is 28.5 Å². The second-order valence-corrected chi connectivity index (χ2v) is 9.99. The predicted octanol–water partition coefficient (Wildman–Crippen LogP) is 2.48. The number of methoxy groups -OCH3 is 1. The van der Waals surface area contributed by atoms with Gasteiger partial charge in [0.05, 0.1) is 73.4 Å². The number of aliphatic hydroxyl groups is 1. The summed E-state index contributed by atoms with van der Waals surface area (Å²) in [5.41, 5.74) is 1.48. The molecule has 0 bridgehead atoms. The number of nitrogens with one attached hydrogen (secondary N) is 2. The summed E-state index contributed by atoms with van der Waals surface area (Å²) in [5, 5.41) is 36.9. The number of carbonyl (C=O) groups excluding carboxylic acids is 2. The standard InChI is InChI=1S/C32H38N4O10/c1-4-45-32(39)30-26(35-21(2)28(31(38)42-3)29(30)22-9-7-10-24(16-22)36(40)41)20-44-15-14-43-13-12-34-18-25(37)19-46-27-11-6-5-8-23(27)17-33/h5-11,16,25,29,34-35,37H,4,12-15,18-20H2,1-3H3. The van der Waals surface area contributed by atoms with Gasteiger partial charge in [0.2, 0.25) is 0 Å². The quantitative estimate of drug-likeness (QED) is 0.0935. The van der Waals surface area contributed by atoms with E-state index in [0.717, 1.165) is 0 Å². The van der Waals surface area contributed by atoms with Crippen molar-refractivity contribution in [3.8, 4) is 11.8 Å². The lowest BCUT2D eigenvalue weighted by Gasteiger charge is -2.31. The summed E-state index contributed by atoms with van der Waals surface area (Å²) in [6, 6.07) is 14.5. The number of carbonyl (C=O) groups is 2. The predicted molar refractivity (Wildman–Crippen MR) is 165 cm³/mol.